The summed E-state index contributed by atoms with van der Waals surface area (Å²) in [5, 5.41) is 56.6. The largest absolute Gasteiger partial charge is 0.473 e. The minimum absolute atomic E-state index is 1.26. The number of hydrogen-bond acceptors (Lipinski definition) is 28. The Morgan fingerprint density at radius 3 is 1.20 bits per heavy atom. The summed E-state index contributed by atoms with van der Waals surface area (Å²) in [4.78, 5) is 42.2. The van der Waals surface area contributed by atoms with Crippen molar-refractivity contribution in [3.05, 3.63) is 307 Å². The fourth-order valence-electron chi connectivity index (χ4n) is 3.32. The predicted molar refractivity (Wildman–Crippen MR) is 305 cm³/mol. The van der Waals surface area contributed by atoms with Gasteiger partial charge in [0.15, 0.2) is 19.0 Å². The summed E-state index contributed by atoms with van der Waals surface area (Å²) in [7, 11) is 0. The number of aromatic nitrogens is 28. The van der Waals surface area contributed by atoms with E-state index in [9.17, 15) is 0 Å². The second-order valence-corrected chi connectivity index (χ2v) is 13.7. The van der Waals surface area contributed by atoms with Gasteiger partial charge in [-0.1, -0.05) is 28.6 Å². The molecule has 84 heavy (non-hydrogen) atoms. The second kappa shape index (κ2) is 66.7. The third-order valence-electron chi connectivity index (χ3n) is 6.36. The van der Waals surface area contributed by atoms with Crippen molar-refractivity contribution in [2.75, 3.05) is 0 Å². The smallest absolute Gasteiger partial charge is 0.213 e. The Morgan fingerprint density at radius 2 is 1.01 bits per heavy atom. The normalized spacial score (nSPS) is 8.00. The van der Waals surface area contributed by atoms with Gasteiger partial charge in [0.25, 0.3) is 0 Å². The number of pyridine rings is 1. The Morgan fingerprint density at radius 1 is 0.298 bits per heavy atom. The quantitative estimate of drug-likeness (QED) is 0.0833. The Kier molecular flexibility index (Phi) is 55.2. The molecule has 0 atom stereocenters. The maximum atomic E-state index is 4.58. The molecule has 0 saturated heterocycles. The lowest BCUT2D eigenvalue weighted by Gasteiger charge is -1.70. The predicted octanol–water partition coefficient (Wildman–Crippen LogP) is 8.14. The molecule has 0 saturated carbocycles. The van der Waals surface area contributed by atoms with Crippen LogP contribution in [0.1, 0.15) is 0 Å². The summed E-state index contributed by atoms with van der Waals surface area (Å²) < 4.78 is 17.6. The van der Waals surface area contributed by atoms with E-state index in [-0.39, 0.29) is 0 Å². The van der Waals surface area contributed by atoms with Crippen LogP contribution < -0.4 is 0 Å². The summed E-state index contributed by atoms with van der Waals surface area (Å²) in [6.45, 7) is 0. The molecule has 0 fully saturated rings. The third kappa shape index (κ3) is 63.8. The number of H-pyrrole nitrogens is 6. The van der Waals surface area contributed by atoms with E-state index in [1.807, 2.05) is 101 Å². The topological polar surface area (TPSA) is 431 Å². The summed E-state index contributed by atoms with van der Waals surface area (Å²) in [6.07, 6.45) is 52.6. The Labute approximate surface area is 487 Å². The van der Waals surface area contributed by atoms with Gasteiger partial charge in [0.2, 0.25) is 19.2 Å². The Balaban J connectivity index is 0.000000448. The highest BCUT2D eigenvalue weighted by molar-refractivity contribution is 7.07. The molecular weight excluding hydrogens is 1120 g/mol. The average Bonchev–Trinajstić information content (AvgIpc) is 4.42. The first-order valence-corrected chi connectivity index (χ1v) is 25.0. The van der Waals surface area contributed by atoms with Crippen LogP contribution in [0, 0.1) is 0 Å². The van der Waals surface area contributed by atoms with Gasteiger partial charge in [0.1, 0.15) is 25.2 Å². The van der Waals surface area contributed by atoms with Crippen molar-refractivity contribution in [2.45, 2.75) is 0 Å². The lowest BCUT2D eigenvalue weighted by molar-refractivity contribution is 0.416. The second-order valence-electron chi connectivity index (χ2n) is 12.1. The highest BCUT2D eigenvalue weighted by Crippen LogP contribution is 1.91. The molecule has 0 amide bonds. The molecule has 0 aliphatic carbocycles. The maximum absolute atomic E-state index is 4.58. The molecule has 16 aromatic heterocycles. The van der Waals surface area contributed by atoms with Crippen molar-refractivity contribution < 1.29 is 17.8 Å². The molecule has 16 rings (SSSR count). The Hall–Kier alpha value is -12.5. The third-order valence-corrected chi connectivity index (χ3v) is 7.51. The SMILES string of the molecule is c1c[nH]cn1.c1cc[nH]c1.c1ccncc1.c1ccnnc1.c1ccoc1.c1ccsc1.c1cn[nH]c1.c1cn[nH]n1.c1cnccn1.c1cncnc1.c1cocn1.c1cscn1.c1nc[nH]n1.c1ncon1.c1nn[nH]n1.c1nnco1. The van der Waals surface area contributed by atoms with Crippen LogP contribution in [0.5, 0.6) is 0 Å². The van der Waals surface area contributed by atoms with E-state index in [2.05, 4.69) is 160 Å². The van der Waals surface area contributed by atoms with Crippen LogP contribution in [0.4, 0.5) is 0 Å². The molecule has 432 valence electrons. The molecule has 0 aliphatic heterocycles. The summed E-state index contributed by atoms with van der Waals surface area (Å²) in [5.41, 5.74) is 1.79. The zero-order valence-electron chi connectivity index (χ0n) is 44.2. The Bertz CT molecular complexity index is 2150. The van der Waals surface area contributed by atoms with E-state index in [0.29, 0.717) is 0 Å². The van der Waals surface area contributed by atoms with Gasteiger partial charge in [-0.25, -0.2) is 29.9 Å². The highest BCUT2D eigenvalue weighted by atomic mass is 32.1. The minimum atomic E-state index is 1.26. The number of tetrazole rings is 1. The van der Waals surface area contributed by atoms with E-state index in [1.165, 1.54) is 63.5 Å². The van der Waals surface area contributed by atoms with E-state index in [4.69, 9.17) is 0 Å². The van der Waals surface area contributed by atoms with Crippen LogP contribution in [0.15, 0.2) is 325 Å². The number of oxazole rings is 1. The molecule has 32 nitrogen and oxygen atoms in total. The lowest BCUT2D eigenvalue weighted by atomic mass is 10.5. The van der Waals surface area contributed by atoms with Crippen molar-refractivity contribution in [1.82, 2.24) is 142 Å². The zero-order chi connectivity index (χ0) is 59.4. The number of nitrogens with zero attached hydrogens (tertiary/aromatic N) is 22. The molecule has 0 bridgehead atoms. The van der Waals surface area contributed by atoms with Gasteiger partial charge in [-0.05, 0) is 71.4 Å². The van der Waals surface area contributed by atoms with E-state index in [1.54, 1.807) is 165 Å². The van der Waals surface area contributed by atoms with Gasteiger partial charge in [-0.3, -0.25) is 30.1 Å². The highest BCUT2D eigenvalue weighted by Gasteiger charge is 1.66. The minimum Gasteiger partial charge on any atom is -0.473 e. The van der Waals surface area contributed by atoms with Gasteiger partial charge in [0, 0.05) is 111 Å². The number of thiazole rings is 1. The number of nitrogens with one attached hydrogen (secondary N) is 6. The maximum Gasteiger partial charge on any atom is 0.213 e. The fourth-order valence-corrected chi connectivity index (χ4v) is 4.13. The van der Waals surface area contributed by atoms with Crippen LogP contribution >= 0.6 is 22.7 Å². The molecular formula is C50H56N28O4S2. The first-order chi connectivity index (χ1) is 42.0. The van der Waals surface area contributed by atoms with Crippen molar-refractivity contribution in [3.8, 4) is 0 Å². The number of thiophene rings is 1. The molecule has 34 heteroatoms. The van der Waals surface area contributed by atoms with Crippen LogP contribution in [0.25, 0.3) is 0 Å². The van der Waals surface area contributed by atoms with Gasteiger partial charge in [0.05, 0.1) is 43.0 Å². The summed E-state index contributed by atoms with van der Waals surface area (Å²) in [5.74, 6) is 0. The number of hydrogen-bond donors (Lipinski definition) is 6. The van der Waals surface area contributed by atoms with Crippen LogP contribution in [-0.2, 0) is 0 Å². The first-order valence-electron chi connectivity index (χ1n) is 23.1. The zero-order valence-corrected chi connectivity index (χ0v) is 45.8. The van der Waals surface area contributed by atoms with Crippen molar-refractivity contribution in [3.63, 3.8) is 0 Å². The van der Waals surface area contributed by atoms with E-state index < -0.39 is 0 Å². The van der Waals surface area contributed by atoms with Gasteiger partial charge in [-0.15, -0.1) is 31.7 Å². The van der Waals surface area contributed by atoms with Gasteiger partial charge in [-0.2, -0.15) is 52.4 Å². The lowest BCUT2D eigenvalue weighted by Crippen LogP contribution is -1.69. The number of imidazole rings is 1. The summed E-state index contributed by atoms with van der Waals surface area (Å²) >= 11 is 3.31. The molecule has 16 aromatic rings. The molecule has 6 N–H and O–H groups in total. The van der Waals surface area contributed by atoms with Crippen molar-refractivity contribution in [2.24, 2.45) is 0 Å². The number of aromatic amines is 6. The summed E-state index contributed by atoms with van der Waals surface area (Å²) in [6, 6.07) is 24.6. The first kappa shape index (κ1) is 69.6. The van der Waals surface area contributed by atoms with Crippen LogP contribution in [0.2, 0.25) is 0 Å². The van der Waals surface area contributed by atoms with Crippen LogP contribution in [0.3, 0.4) is 0 Å². The number of furan rings is 1. The van der Waals surface area contributed by atoms with Crippen molar-refractivity contribution >= 4 is 22.7 Å². The molecule has 0 radical (unpaired) electrons. The van der Waals surface area contributed by atoms with E-state index >= 15 is 0 Å². The fraction of sp³-hybridized carbons (Fsp3) is 0. The molecule has 16 heterocycles. The van der Waals surface area contributed by atoms with E-state index in [0.717, 1.165) is 0 Å². The molecule has 0 aliphatic rings. The van der Waals surface area contributed by atoms with Crippen molar-refractivity contribution in [1.29, 1.82) is 0 Å². The molecule has 0 aromatic carbocycles. The van der Waals surface area contributed by atoms with Gasteiger partial charge >= 0.3 is 0 Å². The average molecular weight is 1180 g/mol. The monoisotopic (exact) mass is 1180 g/mol. The van der Waals surface area contributed by atoms with Gasteiger partial charge < -0.3 is 27.7 Å². The standard InChI is InChI=1S/C5H5N.3C4H4N2.C4H5N.C4H4O.C4H4S.2C3H4N2.C3H3NO.C3H3NS.2C2H3N3.2C2H2N2O.CH2N4/c1-2-4-6-5-3-1;1-2-6-4-3-5-1;1-2-5-4-6-3-1;1-2-4-6-5-3-1;3*1-2-4-5-3-1;1-2-5-3-4-1;1-2-4-5-3-1;2*1-2-5-3-4-1;1-3-2-5-4-1;1-2-4-5-3-1;1-3-4-2-5-1;1-3-2-5-4-1;1-2-4-5-3-1/h1-5H;3*1-4H;1-5H;2*1-4H;2*1-3H,(H,4,5);2*1-3H;2*1-2H,(H,3,4,5);2*1-2H;1H,(H,2,3,4,5). The molecule has 0 unspecified atom stereocenters. The van der Waals surface area contributed by atoms with Crippen LogP contribution in [-0.4, -0.2) is 142 Å². The molecule has 0 spiro atoms. The number of rotatable bonds is 0.